The van der Waals surface area contributed by atoms with Crippen LogP contribution in [0.4, 0.5) is 5.13 Å². The molecule has 3 aromatic heterocycles. The molecule has 0 spiro atoms. The Kier molecular flexibility index (Phi) is 6.07. The van der Waals surface area contributed by atoms with Gasteiger partial charge in [-0.15, -0.1) is 32.9 Å². The highest BCUT2D eigenvalue weighted by molar-refractivity contribution is 8.00. The number of anilines is 1. The largest absolute Gasteiger partial charge is 0.296 e. The van der Waals surface area contributed by atoms with Crippen LogP contribution in [0.3, 0.4) is 0 Å². The average molecular weight is 465 g/mol. The first-order valence-corrected chi connectivity index (χ1v) is 12.0. The standard InChI is InChI=1S/C18H13ClN4OS4/c1-10-14(27-16(20-10)11-4-2-5-12(19)8-11)15(24)21-17-22-23-18(28-17)26-9-13-6-3-7-25-13/h2-8H,9H2,1H3,(H,21,22,24). The summed E-state index contributed by atoms with van der Waals surface area (Å²) in [6.07, 6.45) is 0. The van der Waals surface area contributed by atoms with E-state index >= 15 is 0 Å². The first-order valence-electron chi connectivity index (χ1n) is 8.12. The molecule has 0 radical (unpaired) electrons. The van der Waals surface area contributed by atoms with Gasteiger partial charge in [0.05, 0.1) is 5.69 Å². The van der Waals surface area contributed by atoms with Gasteiger partial charge in [-0.05, 0) is 30.5 Å². The highest BCUT2D eigenvalue weighted by Gasteiger charge is 2.18. The first kappa shape index (κ1) is 19.5. The van der Waals surface area contributed by atoms with Crippen LogP contribution >= 0.6 is 57.4 Å². The number of thioether (sulfide) groups is 1. The van der Waals surface area contributed by atoms with Crippen LogP contribution in [0.1, 0.15) is 20.2 Å². The molecule has 3 heterocycles. The fourth-order valence-corrected chi connectivity index (χ4v) is 6.02. The number of rotatable bonds is 6. The van der Waals surface area contributed by atoms with Crippen LogP contribution in [0, 0.1) is 6.92 Å². The van der Waals surface area contributed by atoms with Gasteiger partial charge < -0.3 is 0 Å². The zero-order valence-electron chi connectivity index (χ0n) is 14.5. The Hall–Kier alpha value is -1.78. The fourth-order valence-electron chi connectivity index (χ4n) is 2.35. The zero-order chi connectivity index (χ0) is 19.5. The quantitative estimate of drug-likeness (QED) is 0.270. The van der Waals surface area contributed by atoms with Crippen molar-refractivity contribution in [2.75, 3.05) is 5.32 Å². The molecule has 0 unspecified atom stereocenters. The van der Waals surface area contributed by atoms with E-state index in [1.807, 2.05) is 37.3 Å². The molecule has 1 N–H and O–H groups in total. The molecule has 0 fully saturated rings. The highest BCUT2D eigenvalue weighted by Crippen LogP contribution is 2.32. The van der Waals surface area contributed by atoms with E-state index in [4.69, 9.17) is 11.6 Å². The molecule has 0 saturated heterocycles. The minimum Gasteiger partial charge on any atom is -0.296 e. The molecular weight excluding hydrogens is 452 g/mol. The van der Waals surface area contributed by atoms with Gasteiger partial charge in [0.15, 0.2) is 4.34 Å². The molecule has 5 nitrogen and oxygen atoms in total. The minimum absolute atomic E-state index is 0.228. The van der Waals surface area contributed by atoms with Crippen molar-refractivity contribution in [2.45, 2.75) is 17.0 Å². The number of nitrogens with zero attached hydrogens (tertiary/aromatic N) is 3. The normalized spacial score (nSPS) is 10.9. The molecule has 0 aliphatic rings. The molecule has 0 aliphatic carbocycles. The van der Waals surface area contributed by atoms with Gasteiger partial charge in [0.2, 0.25) is 5.13 Å². The molecule has 0 atom stereocenters. The van der Waals surface area contributed by atoms with Crippen LogP contribution in [-0.4, -0.2) is 21.1 Å². The van der Waals surface area contributed by atoms with E-state index in [2.05, 4.69) is 31.9 Å². The maximum Gasteiger partial charge on any atom is 0.269 e. The van der Waals surface area contributed by atoms with Crippen LogP contribution in [0.5, 0.6) is 0 Å². The fraction of sp³-hybridized carbons (Fsp3) is 0.111. The number of carbonyl (C=O) groups excluding carboxylic acids is 1. The number of halogens is 1. The van der Waals surface area contributed by atoms with Crippen LogP contribution in [0.2, 0.25) is 5.02 Å². The summed E-state index contributed by atoms with van der Waals surface area (Å²) in [5, 5.41) is 15.0. The predicted molar refractivity (Wildman–Crippen MR) is 119 cm³/mol. The van der Waals surface area contributed by atoms with Gasteiger partial charge >= 0.3 is 0 Å². The third kappa shape index (κ3) is 4.61. The van der Waals surface area contributed by atoms with E-state index in [0.29, 0.717) is 20.7 Å². The minimum atomic E-state index is -0.228. The van der Waals surface area contributed by atoms with Crippen molar-refractivity contribution in [1.82, 2.24) is 15.2 Å². The number of carbonyl (C=O) groups is 1. The van der Waals surface area contributed by atoms with E-state index in [9.17, 15) is 4.79 Å². The van der Waals surface area contributed by atoms with Gasteiger partial charge in [-0.3, -0.25) is 10.1 Å². The van der Waals surface area contributed by atoms with Crippen molar-refractivity contribution < 1.29 is 4.79 Å². The van der Waals surface area contributed by atoms with Crippen molar-refractivity contribution in [3.8, 4) is 10.6 Å². The lowest BCUT2D eigenvalue weighted by Gasteiger charge is -1.98. The summed E-state index contributed by atoms with van der Waals surface area (Å²) in [6, 6.07) is 11.6. The number of aryl methyl sites for hydroxylation is 1. The Morgan fingerprint density at radius 3 is 2.89 bits per heavy atom. The Balaban J connectivity index is 1.44. The van der Waals surface area contributed by atoms with Gasteiger partial charge in [-0.25, -0.2) is 4.98 Å². The van der Waals surface area contributed by atoms with Gasteiger partial charge in [0, 0.05) is 21.2 Å². The zero-order valence-corrected chi connectivity index (χ0v) is 18.5. The molecule has 10 heteroatoms. The smallest absolute Gasteiger partial charge is 0.269 e. The topological polar surface area (TPSA) is 67.8 Å². The Bertz CT molecular complexity index is 1110. The Morgan fingerprint density at radius 2 is 2.11 bits per heavy atom. The number of nitrogens with one attached hydrogen (secondary N) is 1. The first-order chi connectivity index (χ1) is 13.6. The second kappa shape index (κ2) is 8.71. The number of thiophene rings is 1. The van der Waals surface area contributed by atoms with Crippen molar-refractivity contribution in [3.63, 3.8) is 0 Å². The van der Waals surface area contributed by atoms with Crippen LogP contribution in [0.25, 0.3) is 10.6 Å². The molecule has 28 heavy (non-hydrogen) atoms. The Labute approximate surface area is 182 Å². The third-order valence-electron chi connectivity index (χ3n) is 3.62. The summed E-state index contributed by atoms with van der Waals surface area (Å²) in [5.41, 5.74) is 1.57. The summed E-state index contributed by atoms with van der Waals surface area (Å²) in [4.78, 5) is 19.0. The van der Waals surface area contributed by atoms with Crippen LogP contribution in [0.15, 0.2) is 46.1 Å². The van der Waals surface area contributed by atoms with Gasteiger partial charge in [-0.2, -0.15) is 0 Å². The molecule has 1 aromatic carbocycles. The molecule has 4 rings (SSSR count). The monoisotopic (exact) mass is 464 g/mol. The van der Waals surface area contributed by atoms with Gasteiger partial charge in [0.25, 0.3) is 5.91 Å². The average Bonchev–Trinajstić information content (AvgIpc) is 3.41. The van der Waals surface area contributed by atoms with E-state index in [1.54, 1.807) is 23.1 Å². The number of thiazole rings is 1. The lowest BCUT2D eigenvalue weighted by molar-refractivity contribution is 0.102. The number of hydrogen-bond donors (Lipinski definition) is 1. The molecule has 0 bridgehead atoms. The van der Waals surface area contributed by atoms with E-state index in [1.165, 1.54) is 27.6 Å². The second-order valence-electron chi connectivity index (χ2n) is 5.64. The summed E-state index contributed by atoms with van der Waals surface area (Å²) in [6.45, 7) is 1.82. The van der Waals surface area contributed by atoms with Crippen molar-refractivity contribution in [2.24, 2.45) is 0 Å². The second-order valence-corrected chi connectivity index (χ2v) is 10.3. The summed E-state index contributed by atoms with van der Waals surface area (Å²) in [7, 11) is 0. The van der Waals surface area contributed by atoms with Crippen molar-refractivity contribution in [1.29, 1.82) is 0 Å². The summed E-state index contributed by atoms with van der Waals surface area (Å²) < 4.78 is 0.823. The van der Waals surface area contributed by atoms with Crippen LogP contribution < -0.4 is 5.32 Å². The van der Waals surface area contributed by atoms with E-state index in [-0.39, 0.29) is 5.91 Å². The lowest BCUT2D eigenvalue weighted by Crippen LogP contribution is -2.11. The maximum absolute atomic E-state index is 12.7. The summed E-state index contributed by atoms with van der Waals surface area (Å²) >= 11 is 12.1. The van der Waals surface area contributed by atoms with Crippen molar-refractivity contribution in [3.05, 3.63) is 62.2 Å². The number of hydrogen-bond acceptors (Lipinski definition) is 8. The molecule has 1 amide bonds. The highest BCUT2D eigenvalue weighted by atomic mass is 35.5. The number of aromatic nitrogens is 3. The van der Waals surface area contributed by atoms with Crippen LogP contribution in [-0.2, 0) is 5.75 Å². The molecule has 0 saturated carbocycles. The van der Waals surface area contributed by atoms with E-state index in [0.717, 1.165) is 20.7 Å². The van der Waals surface area contributed by atoms with Gasteiger partial charge in [-0.1, -0.05) is 52.9 Å². The lowest BCUT2D eigenvalue weighted by atomic mass is 10.2. The predicted octanol–water partition coefficient (Wildman–Crippen LogP) is 6.23. The number of benzene rings is 1. The SMILES string of the molecule is Cc1nc(-c2cccc(Cl)c2)sc1C(=O)Nc1nnc(SCc2cccs2)s1. The number of amides is 1. The van der Waals surface area contributed by atoms with E-state index < -0.39 is 0 Å². The Morgan fingerprint density at radius 1 is 1.21 bits per heavy atom. The molecule has 4 aromatic rings. The summed E-state index contributed by atoms with van der Waals surface area (Å²) in [5.74, 6) is 0.617. The molecule has 0 aliphatic heterocycles. The van der Waals surface area contributed by atoms with Gasteiger partial charge in [0.1, 0.15) is 9.88 Å². The molecule has 142 valence electrons. The molecular formula is C18H13ClN4OS4. The van der Waals surface area contributed by atoms with Crippen molar-refractivity contribution >= 4 is 68.4 Å². The maximum atomic E-state index is 12.7. The third-order valence-corrected chi connectivity index (χ3v) is 8.14.